The summed E-state index contributed by atoms with van der Waals surface area (Å²) in [4.78, 5) is 41.8. The van der Waals surface area contributed by atoms with E-state index in [1.54, 1.807) is 36.5 Å². The molecular weight excluding hydrogens is 388 g/mol. The number of aryl methyl sites for hydroxylation is 1. The van der Waals surface area contributed by atoms with E-state index in [2.05, 4.69) is 10.1 Å². The number of nitrogens with zero attached hydrogens (tertiary/aromatic N) is 4. The fraction of sp³-hybridized carbons (Fsp3) is 0.190. The van der Waals surface area contributed by atoms with Gasteiger partial charge in [-0.1, -0.05) is 24.3 Å². The molecule has 9 heteroatoms. The number of carbonyl (C=O) groups excluding carboxylic acids is 1. The number of carbonyl (C=O) groups is 1. The number of aliphatic hydroxyl groups excluding tert-OH is 1. The van der Waals surface area contributed by atoms with Crippen molar-refractivity contribution in [3.8, 4) is 0 Å². The van der Waals surface area contributed by atoms with Gasteiger partial charge in [-0.15, -0.1) is 0 Å². The van der Waals surface area contributed by atoms with E-state index < -0.39 is 11.5 Å². The maximum Gasteiger partial charge on any atom is 0.359 e. The molecule has 0 amide bonds. The van der Waals surface area contributed by atoms with Gasteiger partial charge in [-0.3, -0.25) is 14.0 Å². The molecule has 0 saturated heterocycles. The number of esters is 1. The van der Waals surface area contributed by atoms with Crippen LogP contribution in [0.25, 0.3) is 16.4 Å². The molecule has 0 aliphatic rings. The maximum absolute atomic E-state index is 12.7. The Balaban J connectivity index is 1.66. The molecule has 0 bridgehead atoms. The summed E-state index contributed by atoms with van der Waals surface area (Å²) in [6.45, 7) is 1.29. The lowest BCUT2D eigenvalue weighted by Gasteiger charge is -2.10. The zero-order valence-electron chi connectivity index (χ0n) is 16.1. The SMILES string of the molecule is Cc1ccc2nc(COC(=O)c3nn(CCO)c(=O)c4ccccc34)cc(=O)n2c1. The van der Waals surface area contributed by atoms with Crippen LogP contribution in [0.4, 0.5) is 0 Å². The maximum atomic E-state index is 12.7. The first kappa shape index (κ1) is 19.5. The third-order valence-electron chi connectivity index (χ3n) is 4.58. The van der Waals surface area contributed by atoms with Crippen LogP contribution < -0.4 is 11.1 Å². The molecule has 0 aliphatic carbocycles. The third-order valence-corrected chi connectivity index (χ3v) is 4.58. The highest BCUT2D eigenvalue weighted by Crippen LogP contribution is 2.15. The average molecular weight is 406 g/mol. The molecule has 4 rings (SSSR count). The normalized spacial score (nSPS) is 11.1. The Hall–Kier alpha value is -3.85. The minimum atomic E-state index is -0.760. The molecule has 9 nitrogen and oxygen atoms in total. The molecule has 0 saturated carbocycles. The lowest BCUT2D eigenvalue weighted by atomic mass is 10.1. The minimum absolute atomic E-state index is 0.0492. The summed E-state index contributed by atoms with van der Waals surface area (Å²) in [7, 11) is 0. The van der Waals surface area contributed by atoms with E-state index in [1.807, 2.05) is 13.0 Å². The monoisotopic (exact) mass is 406 g/mol. The zero-order chi connectivity index (χ0) is 21.3. The van der Waals surface area contributed by atoms with Crippen LogP contribution in [0.3, 0.4) is 0 Å². The first-order valence-electron chi connectivity index (χ1n) is 9.25. The number of pyridine rings is 1. The van der Waals surface area contributed by atoms with Crippen molar-refractivity contribution < 1.29 is 14.6 Å². The second-order valence-corrected chi connectivity index (χ2v) is 6.74. The minimum Gasteiger partial charge on any atom is -0.454 e. The van der Waals surface area contributed by atoms with Crippen LogP contribution in [0.5, 0.6) is 0 Å². The summed E-state index contributed by atoms with van der Waals surface area (Å²) < 4.78 is 7.78. The molecule has 1 aromatic carbocycles. The quantitative estimate of drug-likeness (QED) is 0.493. The number of hydrogen-bond donors (Lipinski definition) is 1. The fourth-order valence-electron chi connectivity index (χ4n) is 3.17. The van der Waals surface area contributed by atoms with Crippen molar-refractivity contribution in [2.45, 2.75) is 20.1 Å². The molecular formula is C21H18N4O5. The van der Waals surface area contributed by atoms with Crippen LogP contribution in [-0.2, 0) is 17.9 Å². The molecule has 0 atom stereocenters. The summed E-state index contributed by atoms with van der Waals surface area (Å²) in [6.07, 6.45) is 1.68. The number of hydrogen-bond acceptors (Lipinski definition) is 7. The lowest BCUT2D eigenvalue weighted by Crippen LogP contribution is -2.27. The number of rotatable bonds is 5. The summed E-state index contributed by atoms with van der Waals surface area (Å²) in [6, 6.07) is 11.4. The smallest absolute Gasteiger partial charge is 0.359 e. The van der Waals surface area contributed by atoms with Crippen LogP contribution in [0.1, 0.15) is 21.7 Å². The van der Waals surface area contributed by atoms with Gasteiger partial charge in [0.1, 0.15) is 12.3 Å². The molecule has 0 unspecified atom stereocenters. The van der Waals surface area contributed by atoms with Gasteiger partial charge in [0.2, 0.25) is 0 Å². The van der Waals surface area contributed by atoms with E-state index in [0.29, 0.717) is 22.1 Å². The largest absolute Gasteiger partial charge is 0.454 e. The molecule has 30 heavy (non-hydrogen) atoms. The number of ether oxygens (including phenoxy) is 1. The summed E-state index contributed by atoms with van der Waals surface area (Å²) >= 11 is 0. The topological polar surface area (TPSA) is 116 Å². The molecule has 4 aromatic rings. The highest BCUT2D eigenvalue weighted by molar-refractivity contribution is 6.02. The van der Waals surface area contributed by atoms with Gasteiger partial charge < -0.3 is 9.84 Å². The predicted molar refractivity (Wildman–Crippen MR) is 108 cm³/mol. The van der Waals surface area contributed by atoms with Crippen LogP contribution in [0, 0.1) is 6.92 Å². The molecule has 0 spiro atoms. The Morgan fingerprint density at radius 2 is 1.90 bits per heavy atom. The van der Waals surface area contributed by atoms with Gasteiger partial charge in [0.05, 0.1) is 24.2 Å². The van der Waals surface area contributed by atoms with Crippen molar-refractivity contribution >= 4 is 22.4 Å². The zero-order valence-corrected chi connectivity index (χ0v) is 16.1. The van der Waals surface area contributed by atoms with Crippen LogP contribution >= 0.6 is 0 Å². The van der Waals surface area contributed by atoms with Gasteiger partial charge in [-0.05, 0) is 24.6 Å². The first-order chi connectivity index (χ1) is 14.5. The van der Waals surface area contributed by atoms with E-state index in [-0.39, 0.29) is 31.0 Å². The van der Waals surface area contributed by atoms with Crippen molar-refractivity contribution in [3.05, 3.63) is 86.3 Å². The Bertz CT molecular complexity index is 1390. The summed E-state index contributed by atoms with van der Waals surface area (Å²) in [5, 5.41) is 13.9. The Morgan fingerprint density at radius 3 is 2.67 bits per heavy atom. The molecule has 0 radical (unpaired) electrons. The van der Waals surface area contributed by atoms with Gasteiger partial charge in [0.15, 0.2) is 5.69 Å². The van der Waals surface area contributed by atoms with E-state index in [0.717, 1.165) is 10.2 Å². The van der Waals surface area contributed by atoms with Gasteiger partial charge >= 0.3 is 5.97 Å². The summed E-state index contributed by atoms with van der Waals surface area (Å²) in [5.41, 5.74) is 0.920. The molecule has 0 aliphatic heterocycles. The van der Waals surface area contributed by atoms with Crippen molar-refractivity contribution in [2.24, 2.45) is 0 Å². The van der Waals surface area contributed by atoms with Crippen molar-refractivity contribution in [2.75, 3.05) is 6.61 Å². The van der Waals surface area contributed by atoms with Crippen LogP contribution in [0.15, 0.2) is 58.3 Å². The molecule has 1 N–H and O–H groups in total. The fourth-order valence-corrected chi connectivity index (χ4v) is 3.17. The number of aromatic nitrogens is 4. The Kier molecular flexibility index (Phi) is 5.11. The predicted octanol–water partition coefficient (Wildman–Crippen LogP) is 1.06. The van der Waals surface area contributed by atoms with Gasteiger partial charge in [-0.2, -0.15) is 5.10 Å². The number of benzene rings is 1. The molecule has 152 valence electrons. The molecule has 3 heterocycles. The van der Waals surface area contributed by atoms with Crippen molar-refractivity contribution in [1.82, 2.24) is 19.2 Å². The van der Waals surface area contributed by atoms with Gasteiger partial charge in [-0.25, -0.2) is 14.5 Å². The molecule has 0 fully saturated rings. The van der Waals surface area contributed by atoms with E-state index in [1.165, 1.54) is 10.5 Å². The molecule has 3 aromatic heterocycles. The van der Waals surface area contributed by atoms with E-state index in [4.69, 9.17) is 4.74 Å². The van der Waals surface area contributed by atoms with Gasteiger partial charge in [0, 0.05) is 17.6 Å². The van der Waals surface area contributed by atoms with Gasteiger partial charge in [0.25, 0.3) is 11.1 Å². The number of fused-ring (bicyclic) bond motifs is 2. The Labute approximate surface area is 169 Å². The van der Waals surface area contributed by atoms with Crippen LogP contribution in [-0.4, -0.2) is 36.8 Å². The van der Waals surface area contributed by atoms with E-state index in [9.17, 15) is 19.5 Å². The highest BCUT2D eigenvalue weighted by Gasteiger charge is 2.18. The van der Waals surface area contributed by atoms with Crippen molar-refractivity contribution in [3.63, 3.8) is 0 Å². The Morgan fingerprint density at radius 1 is 1.13 bits per heavy atom. The van der Waals surface area contributed by atoms with Crippen LogP contribution in [0.2, 0.25) is 0 Å². The lowest BCUT2D eigenvalue weighted by molar-refractivity contribution is 0.0460. The first-order valence-corrected chi connectivity index (χ1v) is 9.25. The third kappa shape index (κ3) is 3.58. The number of aliphatic hydroxyl groups is 1. The van der Waals surface area contributed by atoms with Crippen molar-refractivity contribution in [1.29, 1.82) is 0 Å². The highest BCUT2D eigenvalue weighted by atomic mass is 16.5. The second-order valence-electron chi connectivity index (χ2n) is 6.74. The second kappa shape index (κ2) is 7.88. The average Bonchev–Trinajstić information content (AvgIpc) is 2.75. The van der Waals surface area contributed by atoms with E-state index >= 15 is 0 Å². The summed E-state index contributed by atoms with van der Waals surface area (Å²) in [5.74, 6) is -0.760. The standard InChI is InChI=1S/C21H18N4O5/c1-13-6-7-17-22-14(10-18(27)24(17)11-13)12-30-21(29)19-15-4-2-3-5-16(15)20(28)25(23-19)8-9-26/h2-7,10-11,26H,8-9,12H2,1H3.